The summed E-state index contributed by atoms with van der Waals surface area (Å²) in [4.78, 5) is 0.314. The molecule has 1 aliphatic rings. The zero-order valence-electron chi connectivity index (χ0n) is 9.43. The number of rotatable bonds is 3. The summed E-state index contributed by atoms with van der Waals surface area (Å²) in [5, 5.41) is 8.89. The predicted octanol–water partition coefficient (Wildman–Crippen LogP) is 1.37. The molecule has 0 unspecified atom stereocenters. The van der Waals surface area contributed by atoms with E-state index in [1.807, 2.05) is 6.92 Å². The van der Waals surface area contributed by atoms with Crippen LogP contribution in [0.5, 0.6) is 0 Å². The Morgan fingerprint density at radius 2 is 2.12 bits per heavy atom. The van der Waals surface area contributed by atoms with Gasteiger partial charge in [0.1, 0.15) is 0 Å². The quantitative estimate of drug-likeness (QED) is 0.915. The second kappa shape index (κ2) is 4.68. The van der Waals surface area contributed by atoms with Crippen LogP contribution < -0.4 is 0 Å². The Bertz CT molecular complexity index is 524. The minimum atomic E-state index is -3.38. The van der Waals surface area contributed by atoms with Crippen molar-refractivity contribution in [3.05, 3.63) is 28.2 Å². The average Bonchev–Trinajstić information content (AvgIpc) is 2.20. The maximum Gasteiger partial charge on any atom is 0.243 e. The van der Waals surface area contributed by atoms with Gasteiger partial charge in [-0.1, -0.05) is 15.9 Å². The summed E-state index contributed by atoms with van der Waals surface area (Å²) in [6, 6.07) is 5.00. The van der Waals surface area contributed by atoms with Crippen molar-refractivity contribution in [1.29, 1.82) is 0 Å². The van der Waals surface area contributed by atoms with Gasteiger partial charge in [-0.25, -0.2) is 8.42 Å². The summed E-state index contributed by atoms with van der Waals surface area (Å²) < 4.78 is 26.6. The fraction of sp³-hybridized carbons (Fsp3) is 0.455. The van der Waals surface area contributed by atoms with E-state index in [-0.39, 0.29) is 12.5 Å². The minimum absolute atomic E-state index is 0.0470. The van der Waals surface area contributed by atoms with Gasteiger partial charge >= 0.3 is 0 Å². The first-order chi connectivity index (χ1) is 7.95. The van der Waals surface area contributed by atoms with Crippen molar-refractivity contribution in [2.75, 3.05) is 19.7 Å². The average molecular weight is 320 g/mol. The Kier molecular flexibility index (Phi) is 3.58. The van der Waals surface area contributed by atoms with Gasteiger partial charge in [0.05, 0.1) is 4.90 Å². The second-order valence-corrected chi connectivity index (χ2v) is 7.07. The third-order valence-corrected chi connectivity index (χ3v) is 5.67. The normalized spacial score (nSPS) is 18.1. The minimum Gasteiger partial charge on any atom is -0.396 e. The number of aliphatic hydroxyl groups excluding tert-OH is 1. The monoisotopic (exact) mass is 319 g/mol. The van der Waals surface area contributed by atoms with Crippen LogP contribution in [-0.4, -0.2) is 37.5 Å². The highest BCUT2D eigenvalue weighted by atomic mass is 79.9. The molecule has 0 radical (unpaired) electrons. The summed E-state index contributed by atoms with van der Waals surface area (Å²) in [6.07, 6.45) is 0. The number of nitrogens with zero attached hydrogens (tertiary/aromatic N) is 1. The van der Waals surface area contributed by atoms with Gasteiger partial charge in [0, 0.05) is 30.1 Å². The molecule has 0 aliphatic carbocycles. The van der Waals surface area contributed by atoms with E-state index in [4.69, 9.17) is 5.11 Å². The lowest BCUT2D eigenvalue weighted by Gasteiger charge is -2.36. The molecule has 17 heavy (non-hydrogen) atoms. The number of aliphatic hydroxyl groups is 1. The highest BCUT2D eigenvalue weighted by molar-refractivity contribution is 9.10. The molecule has 0 spiro atoms. The molecule has 0 saturated carbocycles. The van der Waals surface area contributed by atoms with Crippen LogP contribution in [0.4, 0.5) is 0 Å². The number of halogens is 1. The molecule has 4 nitrogen and oxygen atoms in total. The zero-order valence-corrected chi connectivity index (χ0v) is 11.8. The Balaban J connectivity index is 2.24. The van der Waals surface area contributed by atoms with E-state index in [0.717, 1.165) is 10.0 Å². The molecule has 1 N–H and O–H groups in total. The van der Waals surface area contributed by atoms with Crippen LogP contribution in [0.25, 0.3) is 0 Å². The molecular weight excluding hydrogens is 306 g/mol. The van der Waals surface area contributed by atoms with Gasteiger partial charge in [-0.05, 0) is 30.7 Å². The van der Waals surface area contributed by atoms with E-state index in [0.29, 0.717) is 18.0 Å². The summed E-state index contributed by atoms with van der Waals surface area (Å²) in [5.74, 6) is 0.0846. The second-order valence-electron chi connectivity index (χ2n) is 4.28. The summed E-state index contributed by atoms with van der Waals surface area (Å²) in [7, 11) is -3.38. The fourth-order valence-electron chi connectivity index (χ4n) is 1.76. The Morgan fingerprint density at radius 1 is 1.47 bits per heavy atom. The van der Waals surface area contributed by atoms with E-state index < -0.39 is 10.0 Å². The van der Waals surface area contributed by atoms with Crippen LogP contribution in [0.15, 0.2) is 27.6 Å². The lowest BCUT2D eigenvalue weighted by Crippen LogP contribution is -2.51. The topological polar surface area (TPSA) is 57.6 Å². The molecule has 0 aromatic heterocycles. The number of hydrogen-bond acceptors (Lipinski definition) is 3. The van der Waals surface area contributed by atoms with Gasteiger partial charge in [0.15, 0.2) is 0 Å². The molecule has 94 valence electrons. The number of benzene rings is 1. The third-order valence-electron chi connectivity index (χ3n) is 2.95. The number of hydrogen-bond donors (Lipinski definition) is 1. The lowest BCUT2D eigenvalue weighted by molar-refractivity contribution is 0.117. The first-order valence-corrected chi connectivity index (χ1v) is 7.55. The van der Waals surface area contributed by atoms with Gasteiger partial charge < -0.3 is 5.11 Å². The van der Waals surface area contributed by atoms with Crippen molar-refractivity contribution >= 4 is 26.0 Å². The Labute approximate surface area is 109 Å². The highest BCUT2D eigenvalue weighted by Gasteiger charge is 2.36. The molecule has 1 fully saturated rings. The molecule has 1 aliphatic heterocycles. The van der Waals surface area contributed by atoms with Crippen LogP contribution >= 0.6 is 15.9 Å². The largest absolute Gasteiger partial charge is 0.396 e. The molecule has 6 heteroatoms. The molecule has 1 aromatic rings. The van der Waals surface area contributed by atoms with Crippen molar-refractivity contribution in [2.45, 2.75) is 11.8 Å². The van der Waals surface area contributed by atoms with E-state index >= 15 is 0 Å². The van der Waals surface area contributed by atoms with Crippen molar-refractivity contribution < 1.29 is 13.5 Å². The van der Waals surface area contributed by atoms with E-state index in [9.17, 15) is 8.42 Å². The first kappa shape index (κ1) is 13.0. The summed E-state index contributed by atoms with van der Waals surface area (Å²) in [5.41, 5.74) is 0.894. The fourth-order valence-corrected chi connectivity index (χ4v) is 3.69. The van der Waals surface area contributed by atoms with Crippen molar-refractivity contribution in [3.8, 4) is 0 Å². The zero-order chi connectivity index (χ0) is 12.6. The predicted molar refractivity (Wildman–Crippen MR) is 68.2 cm³/mol. The van der Waals surface area contributed by atoms with Crippen LogP contribution in [0.2, 0.25) is 0 Å². The number of aryl methyl sites for hydroxylation is 1. The van der Waals surface area contributed by atoms with Crippen LogP contribution in [0.1, 0.15) is 5.56 Å². The molecule has 0 atom stereocenters. The molecule has 0 bridgehead atoms. The highest BCUT2D eigenvalue weighted by Crippen LogP contribution is 2.27. The van der Waals surface area contributed by atoms with Crippen LogP contribution in [0.3, 0.4) is 0 Å². The molecular formula is C11H14BrNO3S. The summed E-state index contributed by atoms with van der Waals surface area (Å²) >= 11 is 3.34. The summed E-state index contributed by atoms with van der Waals surface area (Å²) in [6.45, 7) is 2.73. The SMILES string of the molecule is Cc1cc(S(=O)(=O)N2CC(CO)C2)ccc1Br. The smallest absolute Gasteiger partial charge is 0.243 e. The van der Waals surface area contributed by atoms with Crippen LogP contribution in [-0.2, 0) is 10.0 Å². The van der Waals surface area contributed by atoms with E-state index in [2.05, 4.69) is 15.9 Å². The Hall–Kier alpha value is -0.430. The lowest BCUT2D eigenvalue weighted by atomic mass is 10.1. The Morgan fingerprint density at radius 3 is 2.65 bits per heavy atom. The van der Waals surface area contributed by atoms with Gasteiger partial charge in [0.2, 0.25) is 10.0 Å². The van der Waals surface area contributed by atoms with E-state index in [1.54, 1.807) is 18.2 Å². The molecule has 1 heterocycles. The van der Waals surface area contributed by atoms with Gasteiger partial charge in [-0.2, -0.15) is 4.31 Å². The molecule has 1 aromatic carbocycles. The van der Waals surface area contributed by atoms with Crippen molar-refractivity contribution in [3.63, 3.8) is 0 Å². The number of sulfonamides is 1. The maximum atomic E-state index is 12.2. The maximum absolute atomic E-state index is 12.2. The van der Waals surface area contributed by atoms with Crippen molar-refractivity contribution in [1.82, 2.24) is 4.31 Å². The van der Waals surface area contributed by atoms with Crippen LogP contribution in [0, 0.1) is 12.8 Å². The van der Waals surface area contributed by atoms with Gasteiger partial charge in [-0.15, -0.1) is 0 Å². The molecule has 0 amide bonds. The molecule has 2 rings (SSSR count). The standard InChI is InChI=1S/C11H14BrNO3S/c1-8-4-10(2-3-11(8)12)17(15,16)13-5-9(6-13)7-14/h2-4,9,14H,5-7H2,1H3. The van der Waals surface area contributed by atoms with Gasteiger partial charge in [-0.3, -0.25) is 0 Å². The third kappa shape index (κ3) is 2.40. The molecule has 1 saturated heterocycles. The first-order valence-electron chi connectivity index (χ1n) is 5.32. The van der Waals surface area contributed by atoms with Gasteiger partial charge in [0.25, 0.3) is 0 Å². The van der Waals surface area contributed by atoms with Crippen molar-refractivity contribution in [2.24, 2.45) is 5.92 Å². The van der Waals surface area contributed by atoms with E-state index in [1.165, 1.54) is 4.31 Å².